The molecule has 7 heteroatoms. The van der Waals surface area contributed by atoms with Gasteiger partial charge < -0.3 is 19.0 Å². The third kappa shape index (κ3) is 2.36. The maximum absolute atomic E-state index is 13.0. The Morgan fingerprint density at radius 2 is 1.96 bits per heavy atom. The van der Waals surface area contributed by atoms with Gasteiger partial charge in [0.25, 0.3) is 5.91 Å². The summed E-state index contributed by atoms with van der Waals surface area (Å²) in [5.41, 5.74) is -0.0357. The van der Waals surface area contributed by atoms with Crippen LogP contribution in [0.4, 0.5) is 0 Å². The van der Waals surface area contributed by atoms with Crippen molar-refractivity contribution in [1.82, 2.24) is 9.80 Å². The van der Waals surface area contributed by atoms with Crippen molar-refractivity contribution in [2.45, 2.75) is 37.6 Å². The van der Waals surface area contributed by atoms with E-state index in [1.54, 1.807) is 11.8 Å². The van der Waals surface area contributed by atoms with Gasteiger partial charge in [-0.3, -0.25) is 14.4 Å². The van der Waals surface area contributed by atoms with Gasteiger partial charge >= 0.3 is 0 Å². The van der Waals surface area contributed by atoms with Crippen molar-refractivity contribution in [1.29, 1.82) is 0 Å². The second-order valence-corrected chi connectivity index (χ2v) is 7.58. The first kappa shape index (κ1) is 17.2. The molecule has 0 saturated carbocycles. The lowest BCUT2D eigenvalue weighted by Crippen LogP contribution is -2.49. The largest absolute Gasteiger partial charge is 0.456 e. The summed E-state index contributed by atoms with van der Waals surface area (Å²) in [5.74, 6) is 0.00401. The minimum absolute atomic E-state index is 0.00514. The van der Waals surface area contributed by atoms with Crippen LogP contribution in [0.2, 0.25) is 0 Å². The van der Waals surface area contributed by atoms with Crippen LogP contribution in [0.25, 0.3) is 0 Å². The number of nitrogens with zero attached hydrogens (tertiary/aromatic N) is 2. The Morgan fingerprint density at radius 1 is 1.18 bits per heavy atom. The summed E-state index contributed by atoms with van der Waals surface area (Å²) in [7, 11) is 0. The highest BCUT2D eigenvalue weighted by molar-refractivity contribution is 5.93. The molecule has 1 aromatic heterocycles. The third-order valence-corrected chi connectivity index (χ3v) is 6.00. The average molecular weight is 380 g/mol. The van der Waals surface area contributed by atoms with E-state index in [9.17, 15) is 14.4 Å². The second kappa shape index (κ2) is 6.04. The number of carbonyl (C=O) groups is 2. The number of carbonyl (C=O) groups excluding carboxylic acids is 2. The van der Waals surface area contributed by atoms with Crippen molar-refractivity contribution >= 4 is 11.8 Å². The van der Waals surface area contributed by atoms with Crippen molar-refractivity contribution < 1.29 is 18.7 Å². The lowest BCUT2D eigenvalue weighted by Gasteiger charge is -2.33. The summed E-state index contributed by atoms with van der Waals surface area (Å²) in [6.45, 7) is 2.50. The van der Waals surface area contributed by atoms with Crippen molar-refractivity contribution in [2.24, 2.45) is 0 Å². The highest BCUT2D eigenvalue weighted by Crippen LogP contribution is 2.51. The Labute approximate surface area is 161 Å². The average Bonchev–Trinajstić information content (AvgIpc) is 3.30. The number of rotatable bonds is 2. The van der Waals surface area contributed by atoms with E-state index in [1.807, 2.05) is 35.2 Å². The first-order chi connectivity index (χ1) is 13.5. The fraction of sp³-hybridized carbons (Fsp3) is 0.381. The fourth-order valence-electron chi connectivity index (χ4n) is 4.86. The van der Waals surface area contributed by atoms with Crippen LogP contribution in [0.1, 0.15) is 40.8 Å². The summed E-state index contributed by atoms with van der Waals surface area (Å²) in [6.07, 6.45) is 0.764. The molecule has 0 radical (unpaired) electrons. The molecule has 0 unspecified atom stereocenters. The molecule has 7 nitrogen and oxygen atoms in total. The van der Waals surface area contributed by atoms with Crippen LogP contribution in [0.15, 0.2) is 51.7 Å². The van der Waals surface area contributed by atoms with Gasteiger partial charge in [0.1, 0.15) is 5.76 Å². The summed E-state index contributed by atoms with van der Waals surface area (Å²) in [6, 6.07) is 11.8. The highest BCUT2D eigenvalue weighted by atomic mass is 16.5. The highest BCUT2D eigenvalue weighted by Gasteiger charge is 2.65. The predicted octanol–water partition coefficient (Wildman–Crippen LogP) is 1.86. The molecule has 4 heterocycles. The van der Waals surface area contributed by atoms with Crippen LogP contribution in [0.3, 0.4) is 0 Å². The zero-order valence-electron chi connectivity index (χ0n) is 15.5. The molecule has 3 aliphatic rings. The standard InChI is InChI=1S/C21H20N2O5/c1-13-9-15(24)10-17(28-13)20(26)22-8-7-21-18(22)11-19(25)23(21)16(12-27-21)14-5-3-2-4-6-14/h2-6,9-10,16,18H,7-8,11-12H2,1H3/t16-,18+,21-/m0/s1. The Kier molecular flexibility index (Phi) is 3.71. The van der Waals surface area contributed by atoms with Crippen LogP contribution in [0, 0.1) is 6.92 Å². The number of hydrogen-bond donors (Lipinski definition) is 0. The molecule has 3 aliphatic heterocycles. The zero-order chi connectivity index (χ0) is 19.5. The normalized spacial score (nSPS) is 28.5. The van der Waals surface area contributed by atoms with Crippen molar-refractivity contribution in [3.8, 4) is 0 Å². The van der Waals surface area contributed by atoms with E-state index in [-0.39, 0.29) is 41.5 Å². The van der Waals surface area contributed by atoms with Gasteiger partial charge in [-0.05, 0) is 12.5 Å². The molecule has 1 spiro atoms. The van der Waals surface area contributed by atoms with Gasteiger partial charge in [0.05, 0.1) is 25.1 Å². The molecule has 2 amide bonds. The Balaban J connectivity index is 1.47. The number of hydrogen-bond acceptors (Lipinski definition) is 5. The van der Waals surface area contributed by atoms with Crippen LogP contribution >= 0.6 is 0 Å². The molecule has 28 heavy (non-hydrogen) atoms. The second-order valence-electron chi connectivity index (χ2n) is 7.58. The summed E-state index contributed by atoms with van der Waals surface area (Å²) in [5, 5.41) is 0. The predicted molar refractivity (Wildman–Crippen MR) is 98.5 cm³/mol. The van der Waals surface area contributed by atoms with Crippen LogP contribution < -0.4 is 5.43 Å². The monoisotopic (exact) mass is 380 g/mol. The molecule has 3 atom stereocenters. The van der Waals surface area contributed by atoms with Crippen LogP contribution in [-0.4, -0.2) is 46.5 Å². The van der Waals surface area contributed by atoms with E-state index in [0.717, 1.165) is 5.56 Å². The van der Waals surface area contributed by atoms with E-state index < -0.39 is 5.72 Å². The minimum Gasteiger partial charge on any atom is -0.456 e. The van der Waals surface area contributed by atoms with Gasteiger partial charge in [0.15, 0.2) is 16.9 Å². The van der Waals surface area contributed by atoms with E-state index >= 15 is 0 Å². The van der Waals surface area contributed by atoms with Gasteiger partial charge in [-0.25, -0.2) is 0 Å². The number of likely N-dealkylation sites (tertiary alicyclic amines) is 1. The lowest BCUT2D eigenvalue weighted by molar-refractivity contribution is -0.138. The van der Waals surface area contributed by atoms with Gasteiger partial charge in [-0.2, -0.15) is 0 Å². The number of aryl methyl sites for hydroxylation is 1. The number of amides is 2. The van der Waals surface area contributed by atoms with Gasteiger partial charge in [-0.15, -0.1) is 0 Å². The van der Waals surface area contributed by atoms with Crippen molar-refractivity contribution in [3.63, 3.8) is 0 Å². The lowest BCUT2D eigenvalue weighted by atomic mass is 10.0. The van der Waals surface area contributed by atoms with E-state index in [1.165, 1.54) is 12.1 Å². The molecular formula is C21H20N2O5. The van der Waals surface area contributed by atoms with Crippen LogP contribution in [-0.2, 0) is 9.53 Å². The first-order valence-electron chi connectivity index (χ1n) is 9.43. The fourth-order valence-corrected chi connectivity index (χ4v) is 4.86. The van der Waals surface area contributed by atoms with Crippen molar-refractivity contribution in [2.75, 3.05) is 13.2 Å². The molecule has 1 aromatic carbocycles. The van der Waals surface area contributed by atoms with Gasteiger partial charge in [0, 0.05) is 25.1 Å². The Hall–Kier alpha value is -2.93. The quantitative estimate of drug-likeness (QED) is 0.795. The summed E-state index contributed by atoms with van der Waals surface area (Å²) >= 11 is 0. The first-order valence-corrected chi connectivity index (χ1v) is 9.43. The van der Waals surface area contributed by atoms with Gasteiger partial charge in [0.2, 0.25) is 5.91 Å². The minimum atomic E-state index is -0.794. The zero-order valence-corrected chi connectivity index (χ0v) is 15.5. The van der Waals surface area contributed by atoms with E-state index in [0.29, 0.717) is 25.3 Å². The molecule has 3 saturated heterocycles. The number of benzene rings is 1. The summed E-state index contributed by atoms with van der Waals surface area (Å²) in [4.78, 5) is 41.2. The smallest absolute Gasteiger partial charge is 0.290 e. The maximum Gasteiger partial charge on any atom is 0.290 e. The van der Waals surface area contributed by atoms with E-state index in [2.05, 4.69) is 0 Å². The van der Waals surface area contributed by atoms with Crippen molar-refractivity contribution in [3.05, 3.63) is 69.8 Å². The van der Waals surface area contributed by atoms with E-state index in [4.69, 9.17) is 9.15 Å². The topological polar surface area (TPSA) is 80.1 Å². The molecular weight excluding hydrogens is 360 g/mol. The third-order valence-electron chi connectivity index (χ3n) is 6.00. The molecule has 0 aliphatic carbocycles. The Bertz CT molecular complexity index is 1020. The summed E-state index contributed by atoms with van der Waals surface area (Å²) < 4.78 is 11.7. The molecule has 3 fully saturated rings. The SMILES string of the molecule is Cc1cc(=O)cc(C(=O)N2CC[C@@]34OC[C@@H](c5ccccc5)N3C(=O)C[C@@H]24)o1. The van der Waals surface area contributed by atoms with Crippen LogP contribution in [0.5, 0.6) is 0 Å². The molecule has 5 rings (SSSR count). The maximum atomic E-state index is 13.0. The molecule has 2 aromatic rings. The Morgan fingerprint density at radius 3 is 2.71 bits per heavy atom. The van der Waals surface area contributed by atoms with Gasteiger partial charge in [-0.1, -0.05) is 30.3 Å². The molecule has 144 valence electrons. The molecule has 0 bridgehead atoms. The number of ether oxygens (including phenoxy) is 1. The molecule has 0 N–H and O–H groups in total.